The van der Waals surface area contributed by atoms with Crippen molar-refractivity contribution in [2.45, 2.75) is 6.92 Å². The number of aromatic amines is 2. The maximum absolute atomic E-state index is 3.23. The monoisotopic (exact) mass is 248 g/mol. The van der Waals surface area contributed by atoms with Gasteiger partial charge in [0.1, 0.15) is 0 Å². The van der Waals surface area contributed by atoms with Crippen LogP contribution in [0.3, 0.4) is 0 Å². The van der Waals surface area contributed by atoms with Crippen LogP contribution in [0, 0.1) is 6.92 Å². The van der Waals surface area contributed by atoms with E-state index in [1.807, 2.05) is 18.5 Å². The Morgan fingerprint density at radius 1 is 1.17 bits per heavy atom. The Hall–Kier alpha value is -0.817. The van der Waals surface area contributed by atoms with Crippen LogP contribution in [0.4, 0.5) is 0 Å². The number of nitrogens with one attached hydrogen (secondary N) is 2. The Labute approximate surface area is 79.0 Å². The Kier molecular flexibility index (Phi) is 2.14. The van der Waals surface area contributed by atoms with Crippen LogP contribution in [0.5, 0.6) is 0 Å². The van der Waals surface area contributed by atoms with Crippen molar-refractivity contribution >= 4 is 8.45 Å². The van der Waals surface area contributed by atoms with E-state index in [-0.39, 0.29) is 17.1 Å². The Morgan fingerprint density at radius 2 is 2.08 bits per heavy atom. The molecule has 0 bridgehead atoms. The van der Waals surface area contributed by atoms with Crippen molar-refractivity contribution in [1.29, 1.82) is 0 Å². The van der Waals surface area contributed by atoms with Gasteiger partial charge in [0.25, 0.3) is 0 Å². The van der Waals surface area contributed by atoms with Gasteiger partial charge in [-0.1, -0.05) is 0 Å². The van der Waals surface area contributed by atoms with Gasteiger partial charge in [0.05, 0.1) is 0 Å². The minimum absolute atomic E-state index is 0.176. The van der Waals surface area contributed by atoms with Crippen molar-refractivity contribution in [1.82, 2.24) is 9.97 Å². The predicted molar refractivity (Wildman–Crippen MR) is 45.6 cm³/mol. The molecule has 2 aromatic rings. The zero-order valence-electron chi connectivity index (χ0n) is 6.74. The normalized spacial score (nSPS) is 10.8. The van der Waals surface area contributed by atoms with Crippen LogP contribution in [0.1, 0.15) is 5.69 Å². The van der Waals surface area contributed by atoms with Gasteiger partial charge in [0.2, 0.25) is 0 Å². The predicted octanol–water partition coefficient (Wildman–Crippen LogP) is 0.685. The van der Waals surface area contributed by atoms with Crippen molar-refractivity contribution in [3.63, 3.8) is 0 Å². The molecule has 0 unspecified atom stereocenters. The second kappa shape index (κ2) is 3.28. The average molecular weight is 247 g/mol. The second-order valence-electron chi connectivity index (χ2n) is 2.53. The fraction of sp³-hybridized carbons (Fsp3) is 0.111. The molecular weight excluding hydrogens is 237 g/mol. The standard InChI is InChI=1S/C5H6N.C4H4N.Ru/c1-5-3-2-4-6-5;1-2-4-5-3-1;/h2,4,6H,1H3;1-3,5H;. The third-order valence-electron chi connectivity index (χ3n) is 1.62. The molecule has 64 valence electrons. The molecule has 0 amide bonds. The molecule has 0 saturated heterocycles. The van der Waals surface area contributed by atoms with E-state index >= 15 is 0 Å². The van der Waals surface area contributed by atoms with Crippen LogP contribution in [-0.4, -0.2) is 9.97 Å². The number of aromatic nitrogens is 2. The van der Waals surface area contributed by atoms with Gasteiger partial charge in [-0.2, -0.15) is 0 Å². The molecule has 2 rings (SSSR count). The average Bonchev–Trinajstić information content (AvgIpc) is 2.65. The topological polar surface area (TPSA) is 31.6 Å². The van der Waals surface area contributed by atoms with E-state index < -0.39 is 0 Å². The molecule has 0 radical (unpaired) electrons. The first-order chi connectivity index (χ1) is 5.86. The molecule has 3 heteroatoms. The summed E-state index contributed by atoms with van der Waals surface area (Å²) in [5, 5.41) is 0. The van der Waals surface area contributed by atoms with E-state index in [0.717, 1.165) is 0 Å². The van der Waals surface area contributed by atoms with Gasteiger partial charge >= 0.3 is 78.8 Å². The summed E-state index contributed by atoms with van der Waals surface area (Å²) < 4.78 is 2.80. The Bertz CT molecular complexity index is 348. The molecule has 0 aliphatic rings. The molecule has 0 aliphatic carbocycles. The van der Waals surface area contributed by atoms with Crippen LogP contribution in [0.2, 0.25) is 0 Å². The quantitative estimate of drug-likeness (QED) is 0.732. The molecule has 2 heterocycles. The van der Waals surface area contributed by atoms with Crippen molar-refractivity contribution < 1.29 is 17.1 Å². The van der Waals surface area contributed by atoms with Crippen LogP contribution >= 0.6 is 0 Å². The molecule has 0 atom stereocenters. The van der Waals surface area contributed by atoms with Crippen LogP contribution in [-0.2, 0) is 17.1 Å². The summed E-state index contributed by atoms with van der Waals surface area (Å²) in [6.07, 6.45) is 3.98. The number of H-pyrrole nitrogens is 2. The fourth-order valence-corrected chi connectivity index (χ4v) is 2.82. The van der Waals surface area contributed by atoms with E-state index in [9.17, 15) is 0 Å². The first kappa shape index (κ1) is 7.81. The van der Waals surface area contributed by atoms with Gasteiger partial charge in [0.15, 0.2) is 0 Å². The maximum atomic E-state index is 3.23. The third kappa shape index (κ3) is 1.51. The van der Waals surface area contributed by atoms with E-state index in [2.05, 4.69) is 29.0 Å². The van der Waals surface area contributed by atoms with Gasteiger partial charge in [-0.25, -0.2) is 0 Å². The molecule has 0 spiro atoms. The number of aryl methyl sites for hydroxylation is 1. The fourth-order valence-electron chi connectivity index (χ4n) is 0.987. The minimum atomic E-state index is 0.176. The summed E-state index contributed by atoms with van der Waals surface area (Å²) in [5.41, 5.74) is 1.29. The van der Waals surface area contributed by atoms with Crippen LogP contribution in [0.25, 0.3) is 0 Å². The summed E-state index contributed by atoms with van der Waals surface area (Å²) >= 11 is 0.176. The van der Waals surface area contributed by atoms with Crippen molar-refractivity contribution in [2.75, 3.05) is 0 Å². The summed E-state index contributed by atoms with van der Waals surface area (Å²) in [7, 11) is 0. The second-order valence-corrected chi connectivity index (χ2v) is 4.84. The summed E-state index contributed by atoms with van der Waals surface area (Å²) in [5.74, 6) is 0. The van der Waals surface area contributed by atoms with Gasteiger partial charge in [-0.3, -0.25) is 0 Å². The molecule has 0 saturated carbocycles. The van der Waals surface area contributed by atoms with Gasteiger partial charge < -0.3 is 0 Å². The van der Waals surface area contributed by atoms with Gasteiger partial charge in [-0.15, -0.1) is 0 Å². The van der Waals surface area contributed by atoms with Crippen molar-refractivity contribution in [3.05, 3.63) is 36.3 Å². The molecule has 0 aromatic carbocycles. The summed E-state index contributed by atoms with van der Waals surface area (Å²) in [4.78, 5) is 6.42. The van der Waals surface area contributed by atoms with Crippen LogP contribution in [0.15, 0.2) is 30.6 Å². The van der Waals surface area contributed by atoms with Gasteiger partial charge in [0, 0.05) is 0 Å². The van der Waals surface area contributed by atoms with E-state index in [0.29, 0.717) is 0 Å². The number of rotatable bonds is 2. The molecule has 2 N–H and O–H groups in total. The Morgan fingerprint density at radius 3 is 2.67 bits per heavy atom. The summed E-state index contributed by atoms with van der Waals surface area (Å²) in [6, 6.07) is 6.35. The first-order valence-corrected chi connectivity index (χ1v) is 5.50. The molecule has 12 heavy (non-hydrogen) atoms. The van der Waals surface area contributed by atoms with Crippen LogP contribution < -0.4 is 8.45 Å². The van der Waals surface area contributed by atoms with E-state index in [1.54, 1.807) is 0 Å². The zero-order valence-corrected chi connectivity index (χ0v) is 8.48. The summed E-state index contributed by atoms with van der Waals surface area (Å²) in [6.45, 7) is 2.12. The number of hydrogen-bond donors (Lipinski definition) is 2. The SMILES string of the molecule is Cc1[nH]cc[c]1[Ru][c]1ccc[nH]1. The van der Waals surface area contributed by atoms with Crippen molar-refractivity contribution in [3.8, 4) is 0 Å². The Balaban J connectivity index is 2.20. The van der Waals surface area contributed by atoms with E-state index in [1.165, 1.54) is 14.1 Å². The molecule has 2 nitrogen and oxygen atoms in total. The first-order valence-electron chi connectivity index (χ1n) is 3.76. The van der Waals surface area contributed by atoms with Gasteiger partial charge in [-0.05, 0) is 0 Å². The zero-order chi connectivity index (χ0) is 8.39. The molecule has 0 fully saturated rings. The molecule has 0 aliphatic heterocycles. The van der Waals surface area contributed by atoms with E-state index in [4.69, 9.17) is 0 Å². The molecular formula is C9H10N2Ru. The third-order valence-corrected chi connectivity index (χ3v) is 4.04. The number of hydrogen-bond acceptors (Lipinski definition) is 0. The molecule has 2 aromatic heterocycles. The van der Waals surface area contributed by atoms with Crippen molar-refractivity contribution in [2.24, 2.45) is 0 Å².